The number of halogens is 6. The SMILES string of the molecule is C=C1/C=C(OS(=O)(=O)C(F)(F)F)\C=C/CC(=O)CC12CC(=O)c1ccc(OS(=O)(=O)C(F)(F)F)cc12. The molecule has 0 radical (unpaired) electrons. The molecule has 0 aliphatic heterocycles. The maximum atomic E-state index is 12.8. The van der Waals surface area contributed by atoms with E-state index in [2.05, 4.69) is 14.9 Å². The Balaban J connectivity index is 2.14. The summed E-state index contributed by atoms with van der Waals surface area (Å²) in [5.74, 6) is -3.01. The van der Waals surface area contributed by atoms with Gasteiger partial charge in [0.2, 0.25) is 0 Å². The molecule has 2 aliphatic rings. The molecule has 0 amide bonds. The first-order valence-electron chi connectivity index (χ1n) is 9.58. The van der Waals surface area contributed by atoms with E-state index in [1.54, 1.807) is 0 Å². The summed E-state index contributed by atoms with van der Waals surface area (Å²) in [6, 6.07) is 2.51. The van der Waals surface area contributed by atoms with Crippen LogP contribution in [0.15, 0.2) is 54.3 Å². The van der Waals surface area contributed by atoms with Crippen molar-refractivity contribution < 1.29 is 61.1 Å². The standard InChI is InChI=1S/C20H14F6O8S2/c1-11-7-13(33-35(29,30)19(21,22)23)4-2-3-12(27)9-18(11)10-17(28)15-6-5-14(8-16(15)18)34-36(31,32)20(24,25)26/h2,4-8H,1,3,9-10H2/b4-2-,13-7+. The van der Waals surface area contributed by atoms with Crippen LogP contribution in [0.1, 0.15) is 35.2 Å². The van der Waals surface area contributed by atoms with Crippen LogP contribution in [-0.2, 0) is 34.6 Å². The molecule has 8 nitrogen and oxygen atoms in total. The number of carbonyl (C=O) groups is 2. The number of allylic oxidation sites excluding steroid dienone is 4. The molecule has 1 unspecified atom stereocenters. The van der Waals surface area contributed by atoms with Gasteiger partial charge in [0.15, 0.2) is 5.78 Å². The molecule has 3 rings (SSSR count). The van der Waals surface area contributed by atoms with E-state index >= 15 is 0 Å². The molecule has 36 heavy (non-hydrogen) atoms. The van der Waals surface area contributed by atoms with Gasteiger partial charge in [0.25, 0.3) is 0 Å². The molecule has 0 bridgehead atoms. The number of rotatable bonds is 4. The summed E-state index contributed by atoms with van der Waals surface area (Å²) < 4.78 is 131. The van der Waals surface area contributed by atoms with Gasteiger partial charge >= 0.3 is 31.3 Å². The van der Waals surface area contributed by atoms with E-state index in [-0.39, 0.29) is 16.7 Å². The number of ketones is 2. The minimum absolute atomic E-state index is 0.133. The average molecular weight is 560 g/mol. The summed E-state index contributed by atoms with van der Waals surface area (Å²) in [6.07, 6.45) is 1.03. The number of hydrogen-bond donors (Lipinski definition) is 0. The third-order valence-corrected chi connectivity index (χ3v) is 7.26. The van der Waals surface area contributed by atoms with Gasteiger partial charge in [0.1, 0.15) is 17.3 Å². The van der Waals surface area contributed by atoms with Crippen molar-refractivity contribution in [2.45, 2.75) is 35.7 Å². The topological polar surface area (TPSA) is 121 Å². The minimum atomic E-state index is -6.13. The number of alkyl halides is 6. The summed E-state index contributed by atoms with van der Waals surface area (Å²) in [6.45, 7) is 3.64. The zero-order valence-corrected chi connectivity index (χ0v) is 19.3. The van der Waals surface area contributed by atoms with Gasteiger partial charge in [0, 0.05) is 30.2 Å². The molecular weight excluding hydrogens is 546 g/mol. The van der Waals surface area contributed by atoms with Gasteiger partial charge in [-0.25, -0.2) is 0 Å². The van der Waals surface area contributed by atoms with Crippen LogP contribution in [-0.4, -0.2) is 39.4 Å². The molecule has 1 spiro atoms. The lowest BCUT2D eigenvalue weighted by atomic mass is 9.71. The van der Waals surface area contributed by atoms with Crippen LogP contribution in [0.3, 0.4) is 0 Å². The predicted molar refractivity (Wildman–Crippen MR) is 109 cm³/mol. The maximum Gasteiger partial charge on any atom is 0.534 e. The fourth-order valence-electron chi connectivity index (χ4n) is 3.71. The molecule has 16 heteroatoms. The third-order valence-electron chi connectivity index (χ3n) is 5.31. The Kier molecular flexibility index (Phi) is 6.68. The Morgan fingerprint density at radius 3 is 2.06 bits per heavy atom. The predicted octanol–water partition coefficient (Wildman–Crippen LogP) is 3.96. The van der Waals surface area contributed by atoms with Crippen molar-refractivity contribution in [3.8, 4) is 5.75 Å². The Labute approximate surface area is 200 Å². The van der Waals surface area contributed by atoms with E-state index < -0.39 is 79.0 Å². The van der Waals surface area contributed by atoms with Crippen LogP contribution in [0, 0.1) is 0 Å². The lowest BCUT2D eigenvalue weighted by molar-refractivity contribution is -0.119. The van der Waals surface area contributed by atoms with E-state index in [0.717, 1.165) is 36.4 Å². The molecule has 1 aromatic rings. The largest absolute Gasteiger partial charge is 0.534 e. The number of carbonyl (C=O) groups excluding carboxylic acids is 2. The van der Waals surface area contributed by atoms with E-state index in [1.807, 2.05) is 0 Å². The number of benzene rings is 1. The molecule has 196 valence electrons. The van der Waals surface area contributed by atoms with E-state index in [0.29, 0.717) is 0 Å². The molecule has 0 fully saturated rings. The van der Waals surface area contributed by atoms with Crippen LogP contribution < -0.4 is 4.18 Å². The van der Waals surface area contributed by atoms with Gasteiger partial charge in [0.05, 0.1) is 0 Å². The molecule has 0 N–H and O–H groups in total. The molecule has 2 aliphatic carbocycles. The Morgan fingerprint density at radius 1 is 0.889 bits per heavy atom. The summed E-state index contributed by atoms with van der Waals surface area (Å²) in [7, 11) is -12.2. The number of fused-ring (bicyclic) bond motifs is 2. The molecule has 0 heterocycles. The van der Waals surface area contributed by atoms with Gasteiger partial charge in [-0.1, -0.05) is 12.7 Å². The summed E-state index contributed by atoms with van der Waals surface area (Å²) in [5, 5.41) is 0. The van der Waals surface area contributed by atoms with Crippen molar-refractivity contribution in [1.29, 1.82) is 0 Å². The van der Waals surface area contributed by atoms with Crippen molar-refractivity contribution in [3.05, 3.63) is 65.5 Å². The van der Waals surface area contributed by atoms with Gasteiger partial charge < -0.3 is 8.37 Å². The summed E-state index contributed by atoms with van der Waals surface area (Å²) in [4.78, 5) is 25.2. The molecule has 0 saturated carbocycles. The first-order valence-corrected chi connectivity index (χ1v) is 12.4. The van der Waals surface area contributed by atoms with E-state index in [1.165, 1.54) is 0 Å². The Bertz CT molecular complexity index is 1420. The zero-order valence-electron chi connectivity index (χ0n) is 17.6. The zero-order chi connectivity index (χ0) is 27.3. The number of hydrogen-bond acceptors (Lipinski definition) is 8. The smallest absolute Gasteiger partial charge is 0.376 e. The molecule has 1 aromatic carbocycles. The molecule has 1 atom stereocenters. The highest BCUT2D eigenvalue weighted by atomic mass is 32.2. The fraction of sp³-hybridized carbons (Fsp3) is 0.300. The van der Waals surface area contributed by atoms with Crippen molar-refractivity contribution in [3.63, 3.8) is 0 Å². The van der Waals surface area contributed by atoms with Gasteiger partial charge in [-0.05, 0) is 41.5 Å². The van der Waals surface area contributed by atoms with Crippen molar-refractivity contribution >= 4 is 31.8 Å². The quantitative estimate of drug-likeness (QED) is 0.308. The second-order valence-electron chi connectivity index (χ2n) is 7.75. The lowest BCUT2D eigenvalue weighted by Crippen LogP contribution is -2.30. The molecular formula is C20H14F6O8S2. The van der Waals surface area contributed by atoms with Gasteiger partial charge in [-0.15, -0.1) is 0 Å². The summed E-state index contributed by atoms with van der Waals surface area (Å²) >= 11 is 0. The highest BCUT2D eigenvalue weighted by Gasteiger charge is 2.51. The van der Waals surface area contributed by atoms with Crippen LogP contribution in [0.25, 0.3) is 0 Å². The van der Waals surface area contributed by atoms with Gasteiger partial charge in [-0.3, -0.25) is 9.59 Å². The first kappa shape index (κ1) is 27.4. The number of Topliss-reactive ketones (excluding diaryl/α,β-unsaturated/α-hetero) is 2. The van der Waals surface area contributed by atoms with Crippen molar-refractivity contribution in [1.82, 2.24) is 0 Å². The Morgan fingerprint density at radius 2 is 1.47 bits per heavy atom. The maximum absolute atomic E-state index is 12.8. The average Bonchev–Trinajstić information content (AvgIpc) is 2.99. The minimum Gasteiger partial charge on any atom is -0.376 e. The van der Waals surface area contributed by atoms with Crippen molar-refractivity contribution in [2.24, 2.45) is 0 Å². The van der Waals surface area contributed by atoms with Gasteiger partial charge in [-0.2, -0.15) is 43.2 Å². The highest BCUT2D eigenvalue weighted by molar-refractivity contribution is 7.88. The highest BCUT2D eigenvalue weighted by Crippen LogP contribution is 2.49. The second kappa shape index (κ2) is 8.76. The third kappa shape index (κ3) is 5.04. The lowest BCUT2D eigenvalue weighted by Gasteiger charge is -2.30. The Hall–Kier alpha value is -3.14. The molecule has 0 aromatic heterocycles. The summed E-state index contributed by atoms with van der Waals surface area (Å²) in [5.41, 5.74) is -13.9. The van der Waals surface area contributed by atoms with Crippen LogP contribution in [0.2, 0.25) is 0 Å². The fourth-order valence-corrected chi connectivity index (χ4v) is 4.61. The monoisotopic (exact) mass is 560 g/mol. The van der Waals surface area contributed by atoms with Crippen LogP contribution >= 0.6 is 0 Å². The second-order valence-corrected chi connectivity index (χ2v) is 10.8. The first-order chi connectivity index (χ1) is 16.3. The molecule has 0 saturated heterocycles. The van der Waals surface area contributed by atoms with Crippen LogP contribution in [0.4, 0.5) is 26.3 Å². The van der Waals surface area contributed by atoms with Crippen LogP contribution in [0.5, 0.6) is 5.75 Å². The van der Waals surface area contributed by atoms with Crippen molar-refractivity contribution in [2.75, 3.05) is 0 Å². The van der Waals surface area contributed by atoms with E-state index in [4.69, 9.17) is 0 Å². The van der Waals surface area contributed by atoms with E-state index in [9.17, 15) is 52.8 Å². The normalized spacial score (nSPS) is 23.8.